The van der Waals surface area contributed by atoms with Crippen LogP contribution >= 0.6 is 11.8 Å². The third kappa shape index (κ3) is 4.10. The van der Waals surface area contributed by atoms with E-state index in [1.165, 1.54) is 23.3 Å². The molecule has 2 aromatic carbocycles. The summed E-state index contributed by atoms with van der Waals surface area (Å²) in [5.41, 5.74) is 3.29. The van der Waals surface area contributed by atoms with Crippen molar-refractivity contribution in [3.8, 4) is 0 Å². The van der Waals surface area contributed by atoms with Crippen molar-refractivity contribution in [2.75, 3.05) is 0 Å². The average Bonchev–Trinajstić information content (AvgIpc) is 2.40. The molecule has 104 valence electrons. The molecule has 0 saturated carbocycles. The first-order valence-corrected chi connectivity index (χ1v) is 7.49. The predicted octanol–water partition coefficient (Wildman–Crippen LogP) is 2.25. The molecule has 2 aromatic rings. The molecule has 2 rings (SSSR count). The molecule has 0 unspecified atom stereocenters. The smallest absolute Gasteiger partial charge is 0.423 e. The lowest BCUT2D eigenvalue weighted by molar-refractivity contribution is 0.423. The molecule has 20 heavy (non-hydrogen) atoms. The highest BCUT2D eigenvalue weighted by molar-refractivity contribution is 7.97. The summed E-state index contributed by atoms with van der Waals surface area (Å²) in [6.07, 6.45) is 0. The summed E-state index contributed by atoms with van der Waals surface area (Å²) in [6, 6.07) is 12.8. The van der Waals surface area contributed by atoms with Gasteiger partial charge in [-0.15, -0.1) is 0 Å². The Morgan fingerprint density at radius 3 is 2.40 bits per heavy atom. The minimum Gasteiger partial charge on any atom is -0.423 e. The Hall–Kier alpha value is -1.30. The minimum absolute atomic E-state index is 0.0707. The van der Waals surface area contributed by atoms with E-state index in [0.29, 0.717) is 5.75 Å². The van der Waals surface area contributed by atoms with Gasteiger partial charge in [0.15, 0.2) is 0 Å². The molecule has 0 aliphatic carbocycles. The van der Waals surface area contributed by atoms with Crippen molar-refractivity contribution >= 4 is 24.3 Å². The Kier molecular flexibility index (Phi) is 5.23. The number of thioether (sulfide) groups is 1. The van der Waals surface area contributed by atoms with Gasteiger partial charge in [-0.25, -0.2) is 4.39 Å². The van der Waals surface area contributed by atoms with Gasteiger partial charge < -0.3 is 10.0 Å². The number of benzene rings is 2. The first kappa shape index (κ1) is 15.1. The number of halogens is 1. The SMILES string of the molecule is Cc1cccc(CSCc2ccc(F)c(B(O)O)c2)c1. The number of aryl methyl sites for hydroxylation is 1. The van der Waals surface area contributed by atoms with Crippen LogP contribution in [0, 0.1) is 12.7 Å². The zero-order valence-corrected chi connectivity index (χ0v) is 12.0. The van der Waals surface area contributed by atoms with E-state index in [1.807, 2.05) is 6.07 Å². The Balaban J connectivity index is 1.96. The van der Waals surface area contributed by atoms with Crippen molar-refractivity contribution in [1.82, 2.24) is 0 Å². The van der Waals surface area contributed by atoms with E-state index in [-0.39, 0.29) is 5.46 Å². The van der Waals surface area contributed by atoms with E-state index in [2.05, 4.69) is 25.1 Å². The van der Waals surface area contributed by atoms with Crippen molar-refractivity contribution in [3.05, 3.63) is 65.0 Å². The maximum Gasteiger partial charge on any atom is 0.491 e. The molecule has 2 N–H and O–H groups in total. The molecule has 0 radical (unpaired) electrons. The highest BCUT2D eigenvalue weighted by Gasteiger charge is 2.16. The third-order valence-corrected chi connectivity index (χ3v) is 4.03. The van der Waals surface area contributed by atoms with Gasteiger partial charge in [0.25, 0.3) is 0 Å². The lowest BCUT2D eigenvalue weighted by Gasteiger charge is -2.07. The molecule has 0 amide bonds. The van der Waals surface area contributed by atoms with Crippen LogP contribution in [0.5, 0.6) is 0 Å². The maximum atomic E-state index is 13.3. The van der Waals surface area contributed by atoms with E-state index in [1.54, 1.807) is 17.8 Å². The maximum absolute atomic E-state index is 13.3. The second kappa shape index (κ2) is 6.93. The standard InChI is InChI=1S/C15H16BFO2S/c1-11-3-2-4-12(7-11)9-20-10-13-5-6-15(17)14(8-13)16(18)19/h2-8,18-19H,9-10H2,1H3. The van der Waals surface area contributed by atoms with Gasteiger partial charge in [-0.2, -0.15) is 11.8 Å². The Morgan fingerprint density at radius 1 is 1.05 bits per heavy atom. The van der Waals surface area contributed by atoms with Crippen LogP contribution in [0.1, 0.15) is 16.7 Å². The fourth-order valence-electron chi connectivity index (χ4n) is 1.97. The fourth-order valence-corrected chi connectivity index (χ4v) is 2.90. The van der Waals surface area contributed by atoms with Crippen molar-refractivity contribution < 1.29 is 14.4 Å². The topological polar surface area (TPSA) is 40.5 Å². The number of hydrogen-bond donors (Lipinski definition) is 2. The predicted molar refractivity (Wildman–Crippen MR) is 82.4 cm³/mol. The van der Waals surface area contributed by atoms with Gasteiger partial charge in [0, 0.05) is 17.0 Å². The van der Waals surface area contributed by atoms with E-state index in [0.717, 1.165) is 11.3 Å². The average molecular weight is 290 g/mol. The van der Waals surface area contributed by atoms with Gasteiger partial charge in [0.05, 0.1) is 0 Å². The molecular weight excluding hydrogens is 274 g/mol. The molecule has 0 bridgehead atoms. The summed E-state index contributed by atoms with van der Waals surface area (Å²) in [7, 11) is -1.77. The van der Waals surface area contributed by atoms with Gasteiger partial charge in [0.1, 0.15) is 5.82 Å². The van der Waals surface area contributed by atoms with Gasteiger partial charge in [-0.3, -0.25) is 0 Å². The highest BCUT2D eigenvalue weighted by Crippen LogP contribution is 2.18. The monoisotopic (exact) mass is 290 g/mol. The highest BCUT2D eigenvalue weighted by atomic mass is 32.2. The van der Waals surface area contributed by atoms with Crippen molar-refractivity contribution in [2.24, 2.45) is 0 Å². The second-order valence-electron chi connectivity index (χ2n) is 4.71. The van der Waals surface area contributed by atoms with Crippen molar-refractivity contribution in [3.63, 3.8) is 0 Å². The zero-order valence-electron chi connectivity index (χ0n) is 11.2. The van der Waals surface area contributed by atoms with E-state index in [4.69, 9.17) is 10.0 Å². The summed E-state index contributed by atoms with van der Waals surface area (Å²) < 4.78 is 13.3. The summed E-state index contributed by atoms with van der Waals surface area (Å²) in [6.45, 7) is 2.06. The lowest BCUT2D eigenvalue weighted by atomic mass is 9.79. The normalized spacial score (nSPS) is 10.6. The summed E-state index contributed by atoms with van der Waals surface area (Å²) in [5, 5.41) is 18.1. The molecule has 0 aromatic heterocycles. The van der Waals surface area contributed by atoms with E-state index in [9.17, 15) is 4.39 Å². The van der Waals surface area contributed by atoms with Crippen molar-refractivity contribution in [1.29, 1.82) is 0 Å². The minimum atomic E-state index is -1.77. The van der Waals surface area contributed by atoms with Crippen LogP contribution in [-0.4, -0.2) is 17.2 Å². The quantitative estimate of drug-likeness (QED) is 0.830. The molecule has 0 heterocycles. The Morgan fingerprint density at radius 2 is 1.75 bits per heavy atom. The van der Waals surface area contributed by atoms with E-state index >= 15 is 0 Å². The zero-order chi connectivity index (χ0) is 14.5. The molecule has 0 fully saturated rings. The second-order valence-corrected chi connectivity index (χ2v) is 5.70. The van der Waals surface area contributed by atoms with Crippen LogP contribution in [0.2, 0.25) is 0 Å². The first-order valence-electron chi connectivity index (χ1n) is 6.34. The Bertz CT molecular complexity index is 590. The van der Waals surface area contributed by atoms with Crippen LogP contribution in [-0.2, 0) is 11.5 Å². The number of hydrogen-bond acceptors (Lipinski definition) is 3. The third-order valence-electron chi connectivity index (χ3n) is 2.96. The first-order chi connectivity index (χ1) is 9.56. The summed E-state index contributed by atoms with van der Waals surface area (Å²) in [4.78, 5) is 0. The summed E-state index contributed by atoms with van der Waals surface area (Å²) >= 11 is 1.71. The molecule has 5 heteroatoms. The van der Waals surface area contributed by atoms with Crippen LogP contribution < -0.4 is 5.46 Å². The van der Waals surface area contributed by atoms with Gasteiger partial charge >= 0.3 is 7.12 Å². The van der Waals surface area contributed by atoms with Crippen molar-refractivity contribution in [2.45, 2.75) is 18.4 Å². The van der Waals surface area contributed by atoms with Gasteiger partial charge in [-0.1, -0.05) is 42.0 Å². The van der Waals surface area contributed by atoms with Crippen LogP contribution in [0.4, 0.5) is 4.39 Å². The Labute approximate surface area is 122 Å². The molecule has 0 aliphatic rings. The van der Waals surface area contributed by atoms with Gasteiger partial charge in [-0.05, 0) is 24.1 Å². The molecule has 2 nitrogen and oxygen atoms in total. The summed E-state index contributed by atoms with van der Waals surface area (Å²) in [5.74, 6) is 0.983. The van der Waals surface area contributed by atoms with Crippen LogP contribution in [0.15, 0.2) is 42.5 Å². The largest absolute Gasteiger partial charge is 0.491 e. The van der Waals surface area contributed by atoms with Gasteiger partial charge in [0.2, 0.25) is 0 Å². The molecule has 0 spiro atoms. The molecule has 0 saturated heterocycles. The van der Waals surface area contributed by atoms with Crippen LogP contribution in [0.25, 0.3) is 0 Å². The molecular formula is C15H16BFO2S. The number of rotatable bonds is 5. The van der Waals surface area contributed by atoms with E-state index < -0.39 is 12.9 Å². The fraction of sp³-hybridized carbons (Fsp3) is 0.200. The lowest BCUT2D eigenvalue weighted by Crippen LogP contribution is -2.33. The molecule has 0 aliphatic heterocycles. The molecule has 0 atom stereocenters. The van der Waals surface area contributed by atoms with Crippen LogP contribution in [0.3, 0.4) is 0 Å².